The highest BCUT2D eigenvalue weighted by Crippen LogP contribution is 2.28. The summed E-state index contributed by atoms with van der Waals surface area (Å²) in [5.41, 5.74) is 5.76. The van der Waals surface area contributed by atoms with Gasteiger partial charge in [0, 0.05) is 5.69 Å². The number of hydrogen-bond acceptors (Lipinski definition) is 3. The summed E-state index contributed by atoms with van der Waals surface area (Å²) in [7, 11) is 0. The number of hydrogen-bond donors (Lipinski definition) is 0. The maximum atomic E-state index is 4.72. The topological polar surface area (TPSA) is 30.7 Å². The highest BCUT2D eigenvalue weighted by Gasteiger charge is 2.11. The third-order valence-corrected chi connectivity index (χ3v) is 3.99. The second-order valence-corrected chi connectivity index (χ2v) is 5.77. The average molecular weight is 257 g/mol. The molecule has 92 valence electrons. The minimum absolute atomic E-state index is 0.948. The Labute approximate surface area is 110 Å². The van der Waals surface area contributed by atoms with E-state index in [2.05, 4.69) is 44.1 Å². The van der Waals surface area contributed by atoms with Crippen molar-refractivity contribution >= 4 is 21.6 Å². The minimum Gasteiger partial charge on any atom is -0.218 e. The van der Waals surface area contributed by atoms with Crippen LogP contribution in [0.25, 0.3) is 15.3 Å². The van der Waals surface area contributed by atoms with Gasteiger partial charge in [-0.05, 0) is 51.0 Å². The second kappa shape index (κ2) is 3.92. The summed E-state index contributed by atoms with van der Waals surface area (Å²) in [6.45, 7) is 8.30. The summed E-state index contributed by atoms with van der Waals surface area (Å²) >= 11 is 1.70. The summed E-state index contributed by atoms with van der Waals surface area (Å²) in [6, 6.07) is 6.44. The molecule has 0 aliphatic rings. The lowest BCUT2D eigenvalue weighted by Gasteiger charge is -1.97. The standard InChI is InChI=1S/C14H15N3S/c1-8-5-9(2)13-12(6-8)18-14(15-13)17-11(4)7-10(3)16-17/h5-7H,1-4H3. The molecule has 18 heavy (non-hydrogen) atoms. The lowest BCUT2D eigenvalue weighted by atomic mass is 10.1. The highest BCUT2D eigenvalue weighted by atomic mass is 32.1. The molecule has 2 aromatic heterocycles. The average Bonchev–Trinajstić information content (AvgIpc) is 2.81. The number of thiazole rings is 1. The lowest BCUT2D eigenvalue weighted by Crippen LogP contribution is -1.97. The predicted molar refractivity (Wildman–Crippen MR) is 75.7 cm³/mol. The van der Waals surface area contributed by atoms with E-state index in [9.17, 15) is 0 Å². The lowest BCUT2D eigenvalue weighted by molar-refractivity contribution is 0.827. The van der Waals surface area contributed by atoms with Crippen molar-refractivity contribution in [3.8, 4) is 5.13 Å². The van der Waals surface area contributed by atoms with Crippen molar-refractivity contribution in [1.82, 2.24) is 14.8 Å². The molecule has 0 atom stereocenters. The van der Waals surface area contributed by atoms with Crippen LogP contribution < -0.4 is 0 Å². The molecule has 0 unspecified atom stereocenters. The third kappa shape index (κ3) is 1.73. The molecule has 0 saturated heterocycles. The van der Waals surface area contributed by atoms with E-state index in [1.54, 1.807) is 11.3 Å². The van der Waals surface area contributed by atoms with Gasteiger partial charge in [-0.3, -0.25) is 0 Å². The zero-order valence-electron chi connectivity index (χ0n) is 11.0. The van der Waals surface area contributed by atoms with Crippen LogP contribution in [0.15, 0.2) is 18.2 Å². The fourth-order valence-electron chi connectivity index (χ4n) is 2.27. The number of aromatic nitrogens is 3. The van der Waals surface area contributed by atoms with E-state index < -0.39 is 0 Å². The van der Waals surface area contributed by atoms with Crippen molar-refractivity contribution in [1.29, 1.82) is 0 Å². The molecule has 0 aliphatic carbocycles. The molecule has 3 nitrogen and oxygen atoms in total. The smallest absolute Gasteiger partial charge is 0.211 e. The van der Waals surface area contributed by atoms with Crippen LogP contribution in [0.1, 0.15) is 22.5 Å². The Balaban J connectivity index is 2.25. The van der Waals surface area contributed by atoms with Gasteiger partial charge in [-0.15, -0.1) is 0 Å². The van der Waals surface area contributed by atoms with E-state index in [4.69, 9.17) is 4.98 Å². The van der Waals surface area contributed by atoms with Gasteiger partial charge in [0.05, 0.1) is 15.9 Å². The Kier molecular flexibility index (Phi) is 2.48. The van der Waals surface area contributed by atoms with Gasteiger partial charge in [0.15, 0.2) is 0 Å². The Morgan fingerprint density at radius 2 is 1.83 bits per heavy atom. The van der Waals surface area contributed by atoms with E-state index in [-0.39, 0.29) is 0 Å². The monoisotopic (exact) mass is 257 g/mol. The first kappa shape index (κ1) is 11.4. The van der Waals surface area contributed by atoms with Gasteiger partial charge in [-0.25, -0.2) is 9.67 Å². The zero-order chi connectivity index (χ0) is 12.9. The van der Waals surface area contributed by atoms with Crippen LogP contribution in [0.5, 0.6) is 0 Å². The molecule has 4 heteroatoms. The summed E-state index contributed by atoms with van der Waals surface area (Å²) in [4.78, 5) is 4.72. The van der Waals surface area contributed by atoms with Gasteiger partial charge in [0.1, 0.15) is 0 Å². The molecule has 0 bridgehead atoms. The second-order valence-electron chi connectivity index (χ2n) is 4.76. The van der Waals surface area contributed by atoms with E-state index in [1.165, 1.54) is 15.8 Å². The normalized spacial score (nSPS) is 11.3. The molecule has 0 radical (unpaired) electrons. The van der Waals surface area contributed by atoms with Crippen LogP contribution >= 0.6 is 11.3 Å². The van der Waals surface area contributed by atoms with Gasteiger partial charge in [-0.1, -0.05) is 17.4 Å². The summed E-state index contributed by atoms with van der Waals surface area (Å²) in [5, 5.41) is 5.44. The number of nitrogens with zero attached hydrogens (tertiary/aromatic N) is 3. The van der Waals surface area contributed by atoms with Crippen LogP contribution in [-0.4, -0.2) is 14.8 Å². The predicted octanol–water partition coefficient (Wildman–Crippen LogP) is 3.72. The van der Waals surface area contributed by atoms with E-state index in [0.717, 1.165) is 22.0 Å². The van der Waals surface area contributed by atoms with Crippen molar-refractivity contribution in [2.45, 2.75) is 27.7 Å². The minimum atomic E-state index is 0.948. The van der Waals surface area contributed by atoms with Crippen molar-refractivity contribution < 1.29 is 0 Å². The molecule has 0 amide bonds. The van der Waals surface area contributed by atoms with Crippen LogP contribution in [0.2, 0.25) is 0 Å². The van der Waals surface area contributed by atoms with Crippen molar-refractivity contribution in [3.63, 3.8) is 0 Å². The first-order valence-electron chi connectivity index (χ1n) is 5.96. The Hall–Kier alpha value is -1.68. The maximum Gasteiger partial charge on any atom is 0.211 e. The first-order chi connectivity index (χ1) is 8.54. The maximum absolute atomic E-state index is 4.72. The largest absolute Gasteiger partial charge is 0.218 e. The Morgan fingerprint density at radius 1 is 1.06 bits per heavy atom. The molecule has 0 aliphatic heterocycles. The molecule has 2 heterocycles. The van der Waals surface area contributed by atoms with Crippen LogP contribution in [0.4, 0.5) is 0 Å². The molecule has 0 saturated carbocycles. The van der Waals surface area contributed by atoms with Crippen molar-refractivity contribution in [2.24, 2.45) is 0 Å². The summed E-state index contributed by atoms with van der Waals surface area (Å²) < 4.78 is 3.16. The van der Waals surface area contributed by atoms with Crippen molar-refractivity contribution in [2.75, 3.05) is 0 Å². The zero-order valence-corrected chi connectivity index (χ0v) is 11.8. The molecule has 3 rings (SSSR count). The first-order valence-corrected chi connectivity index (χ1v) is 6.77. The van der Waals surface area contributed by atoms with Gasteiger partial charge in [0.25, 0.3) is 0 Å². The molecule has 0 N–H and O–H groups in total. The van der Waals surface area contributed by atoms with Gasteiger partial charge < -0.3 is 0 Å². The molecular weight excluding hydrogens is 242 g/mol. The Morgan fingerprint density at radius 3 is 2.50 bits per heavy atom. The van der Waals surface area contributed by atoms with Crippen LogP contribution in [0, 0.1) is 27.7 Å². The van der Waals surface area contributed by atoms with Crippen LogP contribution in [0.3, 0.4) is 0 Å². The van der Waals surface area contributed by atoms with E-state index in [0.29, 0.717) is 0 Å². The summed E-state index contributed by atoms with van der Waals surface area (Å²) in [6.07, 6.45) is 0. The van der Waals surface area contributed by atoms with E-state index in [1.807, 2.05) is 11.6 Å². The number of rotatable bonds is 1. The summed E-state index contributed by atoms with van der Waals surface area (Å²) in [5.74, 6) is 0. The number of fused-ring (bicyclic) bond motifs is 1. The van der Waals surface area contributed by atoms with E-state index >= 15 is 0 Å². The third-order valence-electron chi connectivity index (χ3n) is 3.01. The fourth-order valence-corrected chi connectivity index (χ4v) is 3.43. The Bertz CT molecular complexity index is 737. The van der Waals surface area contributed by atoms with Gasteiger partial charge in [0.2, 0.25) is 5.13 Å². The molecule has 0 fully saturated rings. The van der Waals surface area contributed by atoms with Gasteiger partial charge >= 0.3 is 0 Å². The molecule has 0 spiro atoms. The molecular formula is C14H15N3S. The SMILES string of the molecule is Cc1cc(C)c2nc(-n3nc(C)cc3C)sc2c1. The fraction of sp³-hybridized carbons (Fsp3) is 0.286. The molecule has 1 aromatic carbocycles. The number of aryl methyl sites for hydroxylation is 4. The molecule has 3 aromatic rings. The van der Waals surface area contributed by atoms with Crippen LogP contribution in [-0.2, 0) is 0 Å². The van der Waals surface area contributed by atoms with Gasteiger partial charge in [-0.2, -0.15) is 5.10 Å². The quantitative estimate of drug-likeness (QED) is 0.665. The van der Waals surface area contributed by atoms with Crippen molar-refractivity contribution in [3.05, 3.63) is 40.7 Å². The highest BCUT2D eigenvalue weighted by molar-refractivity contribution is 7.20. The number of benzene rings is 1.